The van der Waals surface area contributed by atoms with Gasteiger partial charge in [-0.25, -0.2) is 0 Å². The molecule has 0 amide bonds. The van der Waals surface area contributed by atoms with Gasteiger partial charge in [-0.15, -0.1) is 12.4 Å². The Kier molecular flexibility index (Phi) is 10.9. The molecule has 1 aliphatic heterocycles. The highest BCUT2D eigenvalue weighted by Crippen LogP contribution is 2.19. The van der Waals surface area contributed by atoms with E-state index in [1.807, 2.05) is 0 Å². The molecule has 2 heteroatoms. The van der Waals surface area contributed by atoms with Crippen LogP contribution in [0.2, 0.25) is 0 Å². The van der Waals surface area contributed by atoms with E-state index < -0.39 is 0 Å². The van der Waals surface area contributed by atoms with E-state index in [0.717, 1.165) is 5.92 Å². The van der Waals surface area contributed by atoms with Gasteiger partial charge >= 0.3 is 0 Å². The van der Waals surface area contributed by atoms with E-state index >= 15 is 0 Å². The minimum Gasteiger partial charge on any atom is -0.317 e. The Balaban J connectivity index is 0.00000196. The molecule has 0 atom stereocenters. The van der Waals surface area contributed by atoms with Crippen LogP contribution in [0.3, 0.4) is 0 Å². The number of halogens is 1. The molecule has 1 rings (SSSR count). The summed E-state index contributed by atoms with van der Waals surface area (Å²) in [7, 11) is 0. The van der Waals surface area contributed by atoms with Crippen LogP contribution in [-0.4, -0.2) is 13.1 Å². The van der Waals surface area contributed by atoms with Crippen LogP contribution in [0.1, 0.15) is 64.7 Å². The van der Waals surface area contributed by atoms with Gasteiger partial charge in [-0.3, -0.25) is 0 Å². The van der Waals surface area contributed by atoms with Crippen LogP contribution in [0.25, 0.3) is 0 Å². The summed E-state index contributed by atoms with van der Waals surface area (Å²) in [6.07, 6.45) is 13.0. The third-order valence-corrected chi connectivity index (χ3v) is 3.42. The summed E-state index contributed by atoms with van der Waals surface area (Å²) in [6.45, 7) is 4.82. The van der Waals surface area contributed by atoms with Crippen molar-refractivity contribution in [3.05, 3.63) is 0 Å². The van der Waals surface area contributed by atoms with Crippen LogP contribution >= 0.6 is 12.4 Å². The first-order chi connectivity index (χ1) is 6.93. The van der Waals surface area contributed by atoms with E-state index in [0.29, 0.717) is 0 Å². The molecule has 0 bridgehead atoms. The molecular weight excluding hydrogens is 206 g/mol. The summed E-state index contributed by atoms with van der Waals surface area (Å²) in [6, 6.07) is 0. The largest absolute Gasteiger partial charge is 0.317 e. The van der Waals surface area contributed by atoms with Crippen LogP contribution in [-0.2, 0) is 0 Å². The van der Waals surface area contributed by atoms with E-state index in [9.17, 15) is 0 Å². The topological polar surface area (TPSA) is 12.0 Å². The molecular formula is C13H28ClN. The number of hydrogen-bond acceptors (Lipinski definition) is 1. The van der Waals surface area contributed by atoms with Gasteiger partial charge in [-0.2, -0.15) is 0 Å². The maximum absolute atomic E-state index is 3.43. The van der Waals surface area contributed by atoms with Crippen LogP contribution < -0.4 is 5.32 Å². The Bertz CT molecular complexity index is 122. The fraction of sp³-hybridized carbons (Fsp3) is 1.00. The molecule has 1 aliphatic rings. The van der Waals surface area contributed by atoms with Crippen molar-refractivity contribution in [2.45, 2.75) is 64.7 Å². The normalized spacial score (nSPS) is 17.4. The second-order valence-electron chi connectivity index (χ2n) is 4.75. The maximum atomic E-state index is 3.43. The van der Waals surface area contributed by atoms with E-state index in [4.69, 9.17) is 0 Å². The minimum absolute atomic E-state index is 0. The quantitative estimate of drug-likeness (QED) is 0.652. The first-order valence-corrected chi connectivity index (χ1v) is 6.64. The summed E-state index contributed by atoms with van der Waals surface area (Å²) >= 11 is 0. The van der Waals surface area contributed by atoms with Crippen LogP contribution in [0, 0.1) is 5.92 Å². The van der Waals surface area contributed by atoms with Crippen LogP contribution in [0.4, 0.5) is 0 Å². The van der Waals surface area contributed by atoms with Crippen LogP contribution in [0.15, 0.2) is 0 Å². The van der Waals surface area contributed by atoms with Crippen LogP contribution in [0.5, 0.6) is 0 Å². The Labute approximate surface area is 102 Å². The highest BCUT2D eigenvalue weighted by atomic mass is 35.5. The van der Waals surface area contributed by atoms with Crippen molar-refractivity contribution in [2.75, 3.05) is 13.1 Å². The summed E-state index contributed by atoms with van der Waals surface area (Å²) in [5, 5.41) is 3.43. The first-order valence-electron chi connectivity index (χ1n) is 6.64. The van der Waals surface area contributed by atoms with Gasteiger partial charge in [0.1, 0.15) is 0 Å². The predicted molar refractivity (Wildman–Crippen MR) is 70.8 cm³/mol. The van der Waals surface area contributed by atoms with Gasteiger partial charge in [0.25, 0.3) is 0 Å². The molecule has 0 radical (unpaired) electrons. The van der Waals surface area contributed by atoms with Gasteiger partial charge in [-0.05, 0) is 31.8 Å². The molecule has 1 nitrogen and oxygen atoms in total. The molecule has 0 aromatic heterocycles. The maximum Gasteiger partial charge on any atom is -0.00463 e. The molecule has 1 saturated heterocycles. The molecule has 0 aliphatic carbocycles. The van der Waals surface area contributed by atoms with Crippen molar-refractivity contribution in [1.29, 1.82) is 0 Å². The summed E-state index contributed by atoms with van der Waals surface area (Å²) in [5.74, 6) is 1.04. The van der Waals surface area contributed by atoms with E-state index in [1.165, 1.54) is 70.9 Å². The Morgan fingerprint density at radius 1 is 0.933 bits per heavy atom. The van der Waals surface area contributed by atoms with Gasteiger partial charge in [0, 0.05) is 0 Å². The Morgan fingerprint density at radius 3 is 2.20 bits per heavy atom. The second kappa shape index (κ2) is 10.8. The third-order valence-electron chi connectivity index (χ3n) is 3.42. The lowest BCUT2D eigenvalue weighted by Gasteiger charge is -2.22. The number of unbranched alkanes of at least 4 members (excludes halogenated alkanes) is 5. The number of rotatable bonds is 7. The molecule has 1 heterocycles. The van der Waals surface area contributed by atoms with E-state index in [-0.39, 0.29) is 12.4 Å². The lowest BCUT2D eigenvalue weighted by atomic mass is 9.92. The third kappa shape index (κ3) is 8.10. The van der Waals surface area contributed by atoms with E-state index in [1.54, 1.807) is 0 Å². The molecule has 0 unspecified atom stereocenters. The monoisotopic (exact) mass is 233 g/mol. The van der Waals surface area contributed by atoms with Gasteiger partial charge in [0.05, 0.1) is 0 Å². The summed E-state index contributed by atoms with van der Waals surface area (Å²) < 4.78 is 0. The summed E-state index contributed by atoms with van der Waals surface area (Å²) in [4.78, 5) is 0. The number of nitrogens with one attached hydrogen (secondary N) is 1. The lowest BCUT2D eigenvalue weighted by Crippen LogP contribution is -2.27. The Hall–Kier alpha value is 0.250. The smallest absolute Gasteiger partial charge is 0.00463 e. The van der Waals surface area contributed by atoms with Crippen molar-refractivity contribution in [3.8, 4) is 0 Å². The zero-order valence-electron chi connectivity index (χ0n) is 10.3. The van der Waals surface area contributed by atoms with Gasteiger partial charge in [0.2, 0.25) is 0 Å². The van der Waals surface area contributed by atoms with Gasteiger partial charge in [0.15, 0.2) is 0 Å². The van der Waals surface area contributed by atoms with Crippen molar-refractivity contribution < 1.29 is 0 Å². The fourth-order valence-electron chi connectivity index (χ4n) is 2.38. The lowest BCUT2D eigenvalue weighted by molar-refractivity contribution is 0.342. The highest BCUT2D eigenvalue weighted by Gasteiger charge is 2.11. The first kappa shape index (κ1) is 15.2. The zero-order chi connectivity index (χ0) is 10.1. The molecule has 15 heavy (non-hydrogen) atoms. The molecule has 1 fully saturated rings. The summed E-state index contributed by atoms with van der Waals surface area (Å²) in [5.41, 5.74) is 0. The molecule has 0 aromatic carbocycles. The minimum atomic E-state index is 0. The molecule has 92 valence electrons. The van der Waals surface area contributed by atoms with Crippen molar-refractivity contribution in [2.24, 2.45) is 5.92 Å². The van der Waals surface area contributed by atoms with Crippen molar-refractivity contribution in [3.63, 3.8) is 0 Å². The molecule has 0 spiro atoms. The fourth-order valence-corrected chi connectivity index (χ4v) is 2.38. The highest BCUT2D eigenvalue weighted by molar-refractivity contribution is 5.85. The molecule has 0 aromatic rings. The number of piperidine rings is 1. The Morgan fingerprint density at radius 2 is 1.53 bits per heavy atom. The zero-order valence-corrected chi connectivity index (χ0v) is 11.1. The second-order valence-corrected chi connectivity index (χ2v) is 4.75. The SMILES string of the molecule is CCCCCCCCC1CCNCC1.Cl. The molecule has 0 saturated carbocycles. The number of hydrogen-bond donors (Lipinski definition) is 1. The molecule has 1 N–H and O–H groups in total. The van der Waals surface area contributed by atoms with E-state index in [2.05, 4.69) is 12.2 Å². The standard InChI is InChI=1S/C13H27N.ClH/c1-2-3-4-5-6-7-8-13-9-11-14-12-10-13;/h13-14H,2-12H2,1H3;1H. The predicted octanol–water partition coefficient (Wildman–Crippen LogP) is 4.16. The van der Waals surface area contributed by atoms with Crippen molar-refractivity contribution in [1.82, 2.24) is 5.32 Å². The van der Waals surface area contributed by atoms with Gasteiger partial charge in [-0.1, -0.05) is 51.9 Å². The average Bonchev–Trinajstić information content (AvgIpc) is 2.25. The van der Waals surface area contributed by atoms with Crippen molar-refractivity contribution >= 4 is 12.4 Å². The van der Waals surface area contributed by atoms with Gasteiger partial charge < -0.3 is 5.32 Å². The average molecular weight is 234 g/mol.